The highest BCUT2D eigenvalue weighted by Crippen LogP contribution is 2.35. The highest BCUT2D eigenvalue weighted by atomic mass is 32.2. The van der Waals surface area contributed by atoms with Gasteiger partial charge in [0.2, 0.25) is 0 Å². The highest BCUT2D eigenvalue weighted by molar-refractivity contribution is 7.99. The number of rotatable bonds is 3. The third-order valence-corrected chi connectivity index (χ3v) is 4.28. The molecule has 21 heavy (non-hydrogen) atoms. The number of para-hydroxylation sites is 1. The van der Waals surface area contributed by atoms with Crippen molar-refractivity contribution < 1.29 is 4.39 Å². The van der Waals surface area contributed by atoms with E-state index in [0.29, 0.717) is 5.56 Å². The van der Waals surface area contributed by atoms with Gasteiger partial charge in [0.25, 0.3) is 0 Å². The second kappa shape index (κ2) is 5.79. The minimum Gasteiger partial charge on any atom is -0.324 e. The molecule has 1 atom stereocenters. The number of nitrogens with zero attached hydrogens (tertiary/aromatic N) is 2. The zero-order valence-electron chi connectivity index (χ0n) is 11.5. The molecule has 0 saturated carbocycles. The number of halogens is 1. The lowest BCUT2D eigenvalue weighted by molar-refractivity contribution is 0.585. The van der Waals surface area contributed by atoms with Crippen LogP contribution in [0.2, 0.25) is 0 Å². The average molecular weight is 299 g/mol. The lowest BCUT2D eigenvalue weighted by Gasteiger charge is -2.13. The van der Waals surface area contributed by atoms with Gasteiger partial charge in [-0.1, -0.05) is 36.0 Å². The molecule has 0 aliphatic rings. The second-order valence-corrected chi connectivity index (χ2v) is 5.77. The van der Waals surface area contributed by atoms with Gasteiger partial charge in [0.15, 0.2) is 0 Å². The molecule has 0 radical (unpaired) electrons. The lowest BCUT2D eigenvalue weighted by atomic mass is 10.1. The van der Waals surface area contributed by atoms with E-state index in [1.807, 2.05) is 30.3 Å². The fourth-order valence-electron chi connectivity index (χ4n) is 2.21. The Labute approximate surface area is 126 Å². The summed E-state index contributed by atoms with van der Waals surface area (Å²) in [6.45, 7) is 1.78. The maximum Gasteiger partial charge on any atom is 0.129 e. The Morgan fingerprint density at radius 3 is 2.71 bits per heavy atom. The van der Waals surface area contributed by atoms with Gasteiger partial charge in [-0.15, -0.1) is 0 Å². The molecule has 0 unspecified atom stereocenters. The van der Waals surface area contributed by atoms with Crippen molar-refractivity contribution in [3.8, 4) is 0 Å². The number of aromatic nitrogens is 2. The van der Waals surface area contributed by atoms with Crippen molar-refractivity contribution in [1.82, 2.24) is 9.97 Å². The molecule has 0 spiro atoms. The van der Waals surface area contributed by atoms with Crippen LogP contribution in [0.5, 0.6) is 0 Å². The zero-order valence-corrected chi connectivity index (χ0v) is 12.3. The molecule has 5 heteroatoms. The van der Waals surface area contributed by atoms with E-state index in [-0.39, 0.29) is 11.9 Å². The van der Waals surface area contributed by atoms with Crippen LogP contribution in [-0.2, 0) is 0 Å². The maximum absolute atomic E-state index is 14.0. The molecule has 3 nitrogen and oxygen atoms in total. The molecule has 1 heterocycles. The van der Waals surface area contributed by atoms with E-state index in [0.717, 1.165) is 20.8 Å². The van der Waals surface area contributed by atoms with E-state index in [1.54, 1.807) is 13.0 Å². The van der Waals surface area contributed by atoms with E-state index in [4.69, 9.17) is 5.73 Å². The number of hydrogen-bond acceptors (Lipinski definition) is 4. The third kappa shape index (κ3) is 2.75. The summed E-state index contributed by atoms with van der Waals surface area (Å²) in [7, 11) is 0. The molecular formula is C16H14FN3S. The minimum atomic E-state index is -0.373. The van der Waals surface area contributed by atoms with Gasteiger partial charge in [-0.05, 0) is 25.1 Å². The zero-order chi connectivity index (χ0) is 14.8. The summed E-state index contributed by atoms with van der Waals surface area (Å²) in [6, 6.07) is 12.4. The van der Waals surface area contributed by atoms with Gasteiger partial charge in [-0.3, -0.25) is 0 Å². The smallest absolute Gasteiger partial charge is 0.129 e. The summed E-state index contributed by atoms with van der Waals surface area (Å²) in [5.74, 6) is -0.284. The Bertz CT molecular complexity index is 784. The first-order valence-electron chi connectivity index (χ1n) is 6.58. The summed E-state index contributed by atoms with van der Waals surface area (Å²) in [5, 5.41) is 1.75. The first-order valence-corrected chi connectivity index (χ1v) is 7.40. The minimum absolute atomic E-state index is 0.284. The number of nitrogens with two attached hydrogens (primary N) is 1. The van der Waals surface area contributed by atoms with Crippen molar-refractivity contribution in [2.75, 3.05) is 0 Å². The summed E-state index contributed by atoms with van der Waals surface area (Å²) >= 11 is 1.42. The van der Waals surface area contributed by atoms with Gasteiger partial charge < -0.3 is 5.73 Å². The second-order valence-electron chi connectivity index (χ2n) is 4.74. The lowest BCUT2D eigenvalue weighted by Crippen LogP contribution is -2.09. The van der Waals surface area contributed by atoms with E-state index in [1.165, 1.54) is 24.2 Å². The molecule has 0 saturated heterocycles. The van der Waals surface area contributed by atoms with Crippen LogP contribution < -0.4 is 5.73 Å². The van der Waals surface area contributed by atoms with Gasteiger partial charge in [0.1, 0.15) is 17.2 Å². The van der Waals surface area contributed by atoms with Crippen LogP contribution in [0.4, 0.5) is 4.39 Å². The van der Waals surface area contributed by atoms with Gasteiger partial charge >= 0.3 is 0 Å². The molecule has 2 aromatic carbocycles. The third-order valence-electron chi connectivity index (χ3n) is 3.18. The number of fused-ring (bicyclic) bond motifs is 1. The molecule has 0 fully saturated rings. The first kappa shape index (κ1) is 14.0. The van der Waals surface area contributed by atoms with Crippen molar-refractivity contribution >= 4 is 22.7 Å². The predicted molar refractivity (Wildman–Crippen MR) is 82.7 cm³/mol. The monoisotopic (exact) mass is 299 g/mol. The molecule has 0 bridgehead atoms. The molecule has 0 aliphatic heterocycles. The highest BCUT2D eigenvalue weighted by Gasteiger charge is 2.15. The van der Waals surface area contributed by atoms with Gasteiger partial charge in [-0.2, -0.15) is 0 Å². The number of hydrogen-bond donors (Lipinski definition) is 1. The molecule has 3 rings (SSSR count). The van der Waals surface area contributed by atoms with Crippen molar-refractivity contribution in [1.29, 1.82) is 0 Å². The van der Waals surface area contributed by atoms with E-state index in [9.17, 15) is 4.39 Å². The van der Waals surface area contributed by atoms with E-state index >= 15 is 0 Å². The van der Waals surface area contributed by atoms with Crippen LogP contribution >= 0.6 is 11.8 Å². The first-order chi connectivity index (χ1) is 10.2. The fourth-order valence-corrected chi connectivity index (χ4v) is 3.34. The topological polar surface area (TPSA) is 51.8 Å². The summed E-state index contributed by atoms with van der Waals surface area (Å²) < 4.78 is 14.0. The van der Waals surface area contributed by atoms with Crippen LogP contribution in [0, 0.1) is 5.82 Å². The van der Waals surface area contributed by atoms with Gasteiger partial charge in [0, 0.05) is 21.9 Å². The Balaban J connectivity index is 2.09. The van der Waals surface area contributed by atoms with E-state index < -0.39 is 0 Å². The Kier molecular flexibility index (Phi) is 3.86. The van der Waals surface area contributed by atoms with Crippen LogP contribution in [0.25, 0.3) is 10.9 Å². The Morgan fingerprint density at radius 2 is 1.90 bits per heavy atom. The largest absolute Gasteiger partial charge is 0.324 e. The SMILES string of the molecule is C[C@H](N)c1c(F)cccc1Sc1ncnc2ccccc12. The molecule has 0 aliphatic carbocycles. The van der Waals surface area contributed by atoms with Crippen molar-refractivity contribution in [3.63, 3.8) is 0 Å². The molecule has 1 aromatic heterocycles. The quantitative estimate of drug-likeness (QED) is 0.744. The average Bonchev–Trinajstić information content (AvgIpc) is 2.47. The van der Waals surface area contributed by atoms with Crippen LogP contribution in [0.1, 0.15) is 18.5 Å². The molecular weight excluding hydrogens is 285 g/mol. The summed E-state index contributed by atoms with van der Waals surface area (Å²) in [6.07, 6.45) is 1.52. The standard InChI is InChI=1S/C16H14FN3S/c1-10(18)15-12(17)6-4-8-14(15)21-16-11-5-2-3-7-13(11)19-9-20-16/h2-10H,18H2,1H3/t10-/m0/s1. The predicted octanol–water partition coefficient (Wildman–Crippen LogP) is 3.94. The number of benzene rings is 2. The van der Waals surface area contributed by atoms with Crippen LogP contribution in [0.15, 0.2) is 58.7 Å². The van der Waals surface area contributed by atoms with Crippen molar-refractivity contribution in [2.24, 2.45) is 5.73 Å². The van der Waals surface area contributed by atoms with Gasteiger partial charge in [0.05, 0.1) is 5.52 Å². The Hall–Kier alpha value is -1.98. The van der Waals surface area contributed by atoms with E-state index in [2.05, 4.69) is 9.97 Å². The fraction of sp³-hybridized carbons (Fsp3) is 0.125. The van der Waals surface area contributed by atoms with Crippen LogP contribution in [-0.4, -0.2) is 9.97 Å². The molecule has 3 aromatic rings. The van der Waals surface area contributed by atoms with Gasteiger partial charge in [-0.25, -0.2) is 14.4 Å². The summed E-state index contributed by atoms with van der Waals surface area (Å²) in [5.41, 5.74) is 7.28. The molecule has 2 N–H and O–H groups in total. The maximum atomic E-state index is 14.0. The summed E-state index contributed by atoms with van der Waals surface area (Å²) in [4.78, 5) is 9.34. The Morgan fingerprint density at radius 1 is 1.10 bits per heavy atom. The van der Waals surface area contributed by atoms with Crippen LogP contribution in [0.3, 0.4) is 0 Å². The van der Waals surface area contributed by atoms with Crippen molar-refractivity contribution in [2.45, 2.75) is 22.9 Å². The van der Waals surface area contributed by atoms with Crippen molar-refractivity contribution in [3.05, 3.63) is 60.2 Å². The normalized spacial score (nSPS) is 12.5. The molecule has 106 valence electrons. The molecule has 0 amide bonds.